The van der Waals surface area contributed by atoms with Crippen LogP contribution < -0.4 is 15.8 Å². The highest BCUT2D eigenvalue weighted by Gasteiger charge is 2.43. The number of carbonyl (C=O) groups excluding carboxylic acids is 1. The van der Waals surface area contributed by atoms with Gasteiger partial charge in [-0.2, -0.15) is 13.2 Å². The zero-order valence-electron chi connectivity index (χ0n) is 12.4. The number of nitrogens with two attached hydrogens (primary N) is 1. The van der Waals surface area contributed by atoms with Crippen LogP contribution in [0.4, 0.5) is 13.2 Å². The Morgan fingerprint density at radius 3 is 2.83 bits per heavy atom. The molecule has 0 bridgehead atoms. The summed E-state index contributed by atoms with van der Waals surface area (Å²) in [5, 5.41) is 3.07. The molecule has 128 valence electrons. The largest absolute Gasteiger partial charge is 0.492 e. The van der Waals surface area contributed by atoms with Gasteiger partial charge in [0.1, 0.15) is 5.75 Å². The highest BCUT2D eigenvalue weighted by atomic mass is 35.5. The molecule has 0 saturated carbocycles. The number of ether oxygens (including phenoxy) is 1. The Morgan fingerprint density at radius 1 is 1.43 bits per heavy atom. The summed E-state index contributed by atoms with van der Waals surface area (Å²) < 4.78 is 43.4. The van der Waals surface area contributed by atoms with Crippen LogP contribution in [-0.2, 0) is 17.8 Å². The molecule has 0 amide bonds. The second kappa shape index (κ2) is 7.51. The minimum atomic E-state index is -4.84. The maximum absolute atomic E-state index is 12.6. The first-order chi connectivity index (χ1) is 10.8. The number of fused-ring (bicyclic) bond motifs is 1. The number of alkyl halides is 3. The fourth-order valence-corrected chi connectivity index (χ4v) is 2.77. The number of rotatable bonds is 5. The number of hydrogen-bond acceptors (Lipinski definition) is 4. The molecule has 0 aliphatic carbocycles. The molecule has 1 unspecified atom stereocenters. The SMILES string of the molecule is NCCCOc1c(Cl)ccc2c1CCC(C(=O)C(F)(F)F)NC2. The van der Waals surface area contributed by atoms with E-state index in [4.69, 9.17) is 22.1 Å². The maximum atomic E-state index is 12.6. The van der Waals surface area contributed by atoms with E-state index in [2.05, 4.69) is 5.32 Å². The van der Waals surface area contributed by atoms with E-state index in [9.17, 15) is 18.0 Å². The molecule has 4 nitrogen and oxygen atoms in total. The molecule has 1 aliphatic heterocycles. The average molecular weight is 351 g/mol. The molecule has 23 heavy (non-hydrogen) atoms. The van der Waals surface area contributed by atoms with E-state index in [1.54, 1.807) is 12.1 Å². The van der Waals surface area contributed by atoms with Crippen LogP contribution in [0.3, 0.4) is 0 Å². The summed E-state index contributed by atoms with van der Waals surface area (Å²) >= 11 is 6.14. The van der Waals surface area contributed by atoms with Crippen LogP contribution >= 0.6 is 11.6 Å². The van der Waals surface area contributed by atoms with Crippen molar-refractivity contribution in [3.05, 3.63) is 28.3 Å². The van der Waals surface area contributed by atoms with Crippen LogP contribution in [0, 0.1) is 0 Å². The highest BCUT2D eigenvalue weighted by molar-refractivity contribution is 6.32. The van der Waals surface area contributed by atoms with Gasteiger partial charge in [-0.25, -0.2) is 0 Å². The van der Waals surface area contributed by atoms with Gasteiger partial charge >= 0.3 is 6.18 Å². The van der Waals surface area contributed by atoms with Crippen LogP contribution in [-0.4, -0.2) is 31.2 Å². The summed E-state index contributed by atoms with van der Waals surface area (Å²) in [4.78, 5) is 11.4. The van der Waals surface area contributed by atoms with Crippen molar-refractivity contribution in [2.24, 2.45) is 5.73 Å². The third kappa shape index (κ3) is 4.37. The van der Waals surface area contributed by atoms with Crippen LogP contribution in [0.25, 0.3) is 0 Å². The number of hydrogen-bond donors (Lipinski definition) is 2. The van der Waals surface area contributed by atoms with Gasteiger partial charge in [0, 0.05) is 12.1 Å². The van der Waals surface area contributed by atoms with E-state index in [-0.39, 0.29) is 19.4 Å². The predicted molar refractivity (Wildman–Crippen MR) is 80.6 cm³/mol. The number of nitrogens with one attached hydrogen (secondary N) is 1. The number of benzene rings is 1. The molecular formula is C15H18ClF3N2O2. The van der Waals surface area contributed by atoms with Gasteiger partial charge in [-0.15, -0.1) is 0 Å². The van der Waals surface area contributed by atoms with Gasteiger partial charge < -0.3 is 15.8 Å². The maximum Gasteiger partial charge on any atom is 0.451 e. The minimum Gasteiger partial charge on any atom is -0.492 e. The molecule has 3 N–H and O–H groups in total. The van der Waals surface area contributed by atoms with Crippen LogP contribution in [0.15, 0.2) is 12.1 Å². The third-order valence-electron chi connectivity index (χ3n) is 3.72. The van der Waals surface area contributed by atoms with Crippen molar-refractivity contribution in [1.82, 2.24) is 5.32 Å². The molecule has 0 saturated heterocycles. The molecule has 1 aromatic carbocycles. The van der Waals surface area contributed by atoms with Gasteiger partial charge in [0.2, 0.25) is 0 Å². The first-order valence-electron chi connectivity index (χ1n) is 7.32. The minimum absolute atomic E-state index is 0.0406. The third-order valence-corrected chi connectivity index (χ3v) is 4.02. The van der Waals surface area contributed by atoms with Gasteiger partial charge in [-0.3, -0.25) is 4.79 Å². The molecule has 1 atom stereocenters. The molecule has 1 aliphatic rings. The first kappa shape index (κ1) is 18.0. The summed E-state index contributed by atoms with van der Waals surface area (Å²) in [6.45, 7) is 1.01. The zero-order valence-corrected chi connectivity index (χ0v) is 13.1. The number of Topliss-reactive ketones (excluding diaryl/α,β-unsaturated/α-hetero) is 1. The summed E-state index contributed by atoms with van der Waals surface area (Å²) in [6, 6.07) is 2.13. The van der Waals surface area contributed by atoms with Crippen LogP contribution in [0.5, 0.6) is 5.75 Å². The Balaban J connectivity index is 2.19. The molecule has 2 rings (SSSR count). The lowest BCUT2D eigenvalue weighted by atomic mass is 10.0. The van der Waals surface area contributed by atoms with E-state index in [0.717, 1.165) is 11.1 Å². The normalized spacial score (nSPS) is 18.2. The molecule has 0 radical (unpaired) electrons. The second-order valence-electron chi connectivity index (χ2n) is 5.34. The van der Waals surface area contributed by atoms with Gasteiger partial charge in [0.15, 0.2) is 0 Å². The topological polar surface area (TPSA) is 64.3 Å². The van der Waals surface area contributed by atoms with Gasteiger partial charge in [-0.1, -0.05) is 17.7 Å². The van der Waals surface area contributed by atoms with E-state index in [1.165, 1.54) is 0 Å². The highest BCUT2D eigenvalue weighted by Crippen LogP contribution is 2.34. The first-order valence-corrected chi connectivity index (χ1v) is 7.70. The van der Waals surface area contributed by atoms with Gasteiger partial charge in [0.05, 0.1) is 17.7 Å². The Morgan fingerprint density at radius 2 is 2.17 bits per heavy atom. The number of ketones is 1. The number of halogens is 4. The Kier molecular flexibility index (Phi) is 5.89. The smallest absolute Gasteiger partial charge is 0.451 e. The van der Waals surface area contributed by atoms with Crippen molar-refractivity contribution in [2.45, 2.75) is 38.0 Å². The van der Waals surface area contributed by atoms with Crippen LogP contribution in [0.2, 0.25) is 5.02 Å². The summed E-state index contributed by atoms with van der Waals surface area (Å²) in [5.41, 5.74) is 6.95. The second-order valence-corrected chi connectivity index (χ2v) is 5.75. The fraction of sp³-hybridized carbons (Fsp3) is 0.533. The predicted octanol–water partition coefficient (Wildman–Crippen LogP) is 2.60. The fourth-order valence-electron chi connectivity index (χ4n) is 2.54. The van der Waals surface area contributed by atoms with Crippen molar-refractivity contribution in [3.8, 4) is 5.75 Å². The van der Waals surface area contributed by atoms with E-state index >= 15 is 0 Å². The lowest BCUT2D eigenvalue weighted by Gasteiger charge is -2.15. The van der Waals surface area contributed by atoms with Crippen molar-refractivity contribution in [1.29, 1.82) is 0 Å². The van der Waals surface area contributed by atoms with Crippen molar-refractivity contribution < 1.29 is 22.7 Å². The summed E-state index contributed by atoms with van der Waals surface area (Å²) in [6.07, 6.45) is -3.87. The quantitative estimate of drug-likeness (QED) is 0.801. The van der Waals surface area contributed by atoms with E-state index in [0.29, 0.717) is 30.3 Å². The molecular weight excluding hydrogens is 333 g/mol. The Hall–Kier alpha value is -1.31. The monoisotopic (exact) mass is 350 g/mol. The molecule has 0 fully saturated rings. The molecule has 1 heterocycles. The lowest BCUT2D eigenvalue weighted by molar-refractivity contribution is -0.173. The van der Waals surface area contributed by atoms with Crippen molar-refractivity contribution in [2.75, 3.05) is 13.2 Å². The number of carbonyl (C=O) groups is 1. The standard InChI is InChI=1S/C15H18ClF3N2O2/c16-11-4-2-9-8-21-12(14(22)15(17,18)19)5-3-10(9)13(11)23-7-1-6-20/h2,4,12,21H,1,3,5-8,20H2. The Bertz CT molecular complexity index is 579. The summed E-state index contributed by atoms with van der Waals surface area (Å²) in [5.74, 6) is -1.28. The molecule has 0 spiro atoms. The summed E-state index contributed by atoms with van der Waals surface area (Å²) in [7, 11) is 0. The average Bonchev–Trinajstić information content (AvgIpc) is 2.70. The van der Waals surface area contributed by atoms with E-state index in [1.807, 2.05) is 0 Å². The van der Waals surface area contributed by atoms with Gasteiger partial charge in [-0.05, 0) is 37.4 Å². The molecule has 0 aromatic heterocycles. The Labute approximate surface area is 137 Å². The molecule has 8 heteroatoms. The van der Waals surface area contributed by atoms with Crippen molar-refractivity contribution in [3.63, 3.8) is 0 Å². The van der Waals surface area contributed by atoms with Gasteiger partial charge in [0.25, 0.3) is 5.78 Å². The van der Waals surface area contributed by atoms with E-state index < -0.39 is 18.0 Å². The lowest BCUT2D eigenvalue weighted by Crippen LogP contribution is -2.43. The zero-order chi connectivity index (χ0) is 17.0. The van der Waals surface area contributed by atoms with Crippen LogP contribution in [0.1, 0.15) is 24.0 Å². The van der Waals surface area contributed by atoms with Crippen molar-refractivity contribution >= 4 is 17.4 Å². The molecule has 1 aromatic rings.